The van der Waals surface area contributed by atoms with Crippen molar-refractivity contribution in [2.24, 2.45) is 0 Å². The van der Waals surface area contributed by atoms with Crippen molar-refractivity contribution in [3.63, 3.8) is 0 Å². The number of carbonyl (C=O) groups excluding carboxylic acids is 3. The van der Waals surface area contributed by atoms with Crippen LogP contribution in [0.1, 0.15) is 65.1 Å². The zero-order chi connectivity index (χ0) is 30.6. The van der Waals surface area contributed by atoms with Crippen molar-refractivity contribution >= 4 is 23.7 Å². The van der Waals surface area contributed by atoms with Gasteiger partial charge < -0.3 is 25.0 Å². The first-order valence-electron chi connectivity index (χ1n) is 13.5. The van der Waals surface area contributed by atoms with Crippen LogP contribution in [0.3, 0.4) is 0 Å². The second kappa shape index (κ2) is 12.4. The molecule has 1 aliphatic rings. The van der Waals surface area contributed by atoms with E-state index in [2.05, 4.69) is 26.1 Å². The Bertz CT molecular complexity index is 1470. The van der Waals surface area contributed by atoms with Crippen molar-refractivity contribution in [2.75, 3.05) is 20.2 Å². The summed E-state index contributed by atoms with van der Waals surface area (Å²) >= 11 is 0. The van der Waals surface area contributed by atoms with E-state index < -0.39 is 48.1 Å². The Morgan fingerprint density at radius 3 is 2.07 bits per heavy atom. The number of halogens is 1. The number of hydrogen-bond acceptors (Lipinski definition) is 5. The number of amides is 3. The molecule has 42 heavy (non-hydrogen) atoms. The molecular weight excluding hydrogens is 541 g/mol. The number of carbonyl (C=O) groups is 4. The van der Waals surface area contributed by atoms with Gasteiger partial charge in [0, 0.05) is 24.2 Å². The van der Waals surface area contributed by atoms with E-state index in [1.165, 1.54) is 41.2 Å². The van der Waals surface area contributed by atoms with Crippen LogP contribution in [0.2, 0.25) is 0 Å². The molecule has 1 heterocycles. The largest absolute Gasteiger partial charge is 0.497 e. The van der Waals surface area contributed by atoms with Gasteiger partial charge in [-0.1, -0.05) is 51.1 Å². The maximum absolute atomic E-state index is 13.9. The van der Waals surface area contributed by atoms with Gasteiger partial charge in [0.25, 0.3) is 17.7 Å². The topological polar surface area (TPSA) is 116 Å². The third-order valence-electron chi connectivity index (χ3n) is 7.21. The summed E-state index contributed by atoms with van der Waals surface area (Å²) < 4.78 is 18.8. The molecule has 2 N–H and O–H groups in total. The van der Waals surface area contributed by atoms with Crippen molar-refractivity contribution in [3.05, 3.63) is 101 Å². The first-order valence-corrected chi connectivity index (χ1v) is 13.5. The van der Waals surface area contributed by atoms with Crippen molar-refractivity contribution in [3.8, 4) is 5.75 Å². The monoisotopic (exact) mass is 575 g/mol. The van der Waals surface area contributed by atoms with Crippen LogP contribution in [0.5, 0.6) is 5.75 Å². The number of rotatable bonds is 8. The van der Waals surface area contributed by atoms with Crippen LogP contribution in [0.4, 0.5) is 4.39 Å². The van der Waals surface area contributed by atoms with Gasteiger partial charge >= 0.3 is 5.97 Å². The van der Waals surface area contributed by atoms with E-state index in [1.807, 2.05) is 12.1 Å². The SMILES string of the molecule is COc1cccc(C(=O)N2CCN(C(=O)c3ccc(C(C)(C)C)cc3)C2C(=O)NC(CC(=O)O)c2ccc(F)cc2)c1. The zero-order valence-electron chi connectivity index (χ0n) is 24.0. The van der Waals surface area contributed by atoms with E-state index in [-0.39, 0.29) is 24.1 Å². The number of benzene rings is 3. The van der Waals surface area contributed by atoms with Crippen molar-refractivity contribution < 1.29 is 33.4 Å². The van der Waals surface area contributed by atoms with Crippen LogP contribution < -0.4 is 10.1 Å². The number of carboxylic acid groups (broad SMARTS) is 1. The lowest BCUT2D eigenvalue weighted by atomic mass is 9.86. The Morgan fingerprint density at radius 2 is 1.52 bits per heavy atom. The van der Waals surface area contributed by atoms with Crippen LogP contribution in [0.25, 0.3) is 0 Å². The Morgan fingerprint density at radius 1 is 0.929 bits per heavy atom. The first-order chi connectivity index (χ1) is 19.9. The highest BCUT2D eigenvalue weighted by Crippen LogP contribution is 2.27. The Balaban J connectivity index is 1.69. The molecular formula is C32H34FN3O6. The number of nitrogens with zero attached hydrogens (tertiary/aromatic N) is 2. The molecule has 10 heteroatoms. The molecule has 3 aromatic carbocycles. The van der Waals surface area contributed by atoms with E-state index in [0.717, 1.165) is 5.56 Å². The molecule has 0 bridgehead atoms. The number of methoxy groups -OCH3 is 1. The second-order valence-corrected chi connectivity index (χ2v) is 11.1. The highest BCUT2D eigenvalue weighted by molar-refractivity contribution is 6.02. The molecule has 1 saturated heterocycles. The molecule has 0 saturated carbocycles. The highest BCUT2D eigenvalue weighted by Gasteiger charge is 2.44. The third kappa shape index (κ3) is 6.76. The second-order valence-electron chi connectivity index (χ2n) is 11.1. The number of aliphatic carboxylic acids is 1. The number of carboxylic acids is 1. The van der Waals surface area contributed by atoms with Gasteiger partial charge in [-0.2, -0.15) is 0 Å². The van der Waals surface area contributed by atoms with Crippen LogP contribution in [0.15, 0.2) is 72.8 Å². The Hall–Kier alpha value is -4.73. The standard InChI is InChI=1S/C32H34FN3O6/c1-32(2,3)23-12-8-21(9-13-23)30(40)35-16-17-36(31(41)22-6-5-7-25(18-22)42-4)29(35)28(39)34-26(19-27(37)38)20-10-14-24(33)15-11-20/h5-15,18,26,29H,16-17,19H2,1-4H3,(H,34,39)(H,37,38). The summed E-state index contributed by atoms with van der Waals surface area (Å²) in [6.07, 6.45) is -1.86. The van der Waals surface area contributed by atoms with Gasteiger partial charge in [0.05, 0.1) is 19.6 Å². The van der Waals surface area contributed by atoms with Gasteiger partial charge in [0.15, 0.2) is 6.17 Å². The summed E-state index contributed by atoms with van der Waals surface area (Å²) in [6.45, 7) is 6.32. The van der Waals surface area contributed by atoms with E-state index in [1.54, 1.807) is 36.4 Å². The molecule has 220 valence electrons. The molecule has 2 unspecified atom stereocenters. The van der Waals surface area contributed by atoms with Gasteiger partial charge in [0.2, 0.25) is 0 Å². The fourth-order valence-corrected chi connectivity index (χ4v) is 4.91. The maximum Gasteiger partial charge on any atom is 0.305 e. The molecule has 0 aromatic heterocycles. The van der Waals surface area contributed by atoms with Crippen molar-refractivity contribution in [1.29, 1.82) is 0 Å². The van der Waals surface area contributed by atoms with Gasteiger partial charge in [-0.05, 0) is 59.0 Å². The van der Waals surface area contributed by atoms with Crippen LogP contribution in [-0.2, 0) is 15.0 Å². The summed E-state index contributed by atoms with van der Waals surface area (Å²) in [5, 5.41) is 12.2. The molecule has 3 aromatic rings. The van der Waals surface area contributed by atoms with Gasteiger partial charge in [-0.3, -0.25) is 19.2 Å². The normalized spacial score (nSPS) is 15.7. The van der Waals surface area contributed by atoms with E-state index >= 15 is 0 Å². The summed E-state index contributed by atoms with van der Waals surface area (Å²) in [4.78, 5) is 55.6. The minimum absolute atomic E-state index is 0.0695. The molecule has 1 fully saturated rings. The van der Waals surface area contributed by atoms with Crippen LogP contribution in [-0.4, -0.2) is 65.0 Å². The van der Waals surface area contributed by atoms with Crippen molar-refractivity contribution in [2.45, 2.75) is 44.8 Å². The summed E-state index contributed by atoms with van der Waals surface area (Å²) in [7, 11) is 1.47. The smallest absolute Gasteiger partial charge is 0.305 e. The predicted molar refractivity (Wildman–Crippen MR) is 154 cm³/mol. The maximum atomic E-state index is 13.9. The highest BCUT2D eigenvalue weighted by atomic mass is 19.1. The van der Waals surface area contributed by atoms with Gasteiger partial charge in [0.1, 0.15) is 11.6 Å². The summed E-state index contributed by atoms with van der Waals surface area (Å²) in [5.74, 6) is -2.94. The molecule has 9 nitrogen and oxygen atoms in total. The molecule has 1 aliphatic heterocycles. The lowest BCUT2D eigenvalue weighted by Gasteiger charge is -2.31. The zero-order valence-corrected chi connectivity index (χ0v) is 24.0. The molecule has 3 amide bonds. The summed E-state index contributed by atoms with van der Waals surface area (Å²) in [6, 6.07) is 17.6. The lowest BCUT2D eigenvalue weighted by molar-refractivity contribution is -0.138. The molecule has 0 radical (unpaired) electrons. The van der Waals surface area contributed by atoms with Gasteiger partial charge in [-0.25, -0.2) is 4.39 Å². The quantitative estimate of drug-likeness (QED) is 0.412. The molecule has 0 spiro atoms. The first kappa shape index (κ1) is 30.2. The molecule has 2 atom stereocenters. The Kier molecular flexibility index (Phi) is 8.94. The fraction of sp³-hybridized carbons (Fsp3) is 0.312. The number of nitrogens with one attached hydrogen (secondary N) is 1. The van der Waals surface area contributed by atoms with Crippen molar-refractivity contribution in [1.82, 2.24) is 15.1 Å². The number of hydrogen-bond donors (Lipinski definition) is 2. The average Bonchev–Trinajstić information content (AvgIpc) is 3.41. The molecule has 4 rings (SSSR count). The van der Waals surface area contributed by atoms with Crippen LogP contribution >= 0.6 is 0 Å². The summed E-state index contributed by atoms with van der Waals surface area (Å²) in [5.41, 5.74) is 1.87. The lowest BCUT2D eigenvalue weighted by Crippen LogP contribution is -2.54. The average molecular weight is 576 g/mol. The minimum atomic E-state index is -1.37. The molecule has 0 aliphatic carbocycles. The minimum Gasteiger partial charge on any atom is -0.497 e. The van der Waals surface area contributed by atoms with E-state index in [0.29, 0.717) is 16.9 Å². The number of ether oxygens (including phenoxy) is 1. The third-order valence-corrected chi connectivity index (χ3v) is 7.21. The predicted octanol–water partition coefficient (Wildman–Crippen LogP) is 4.39. The fourth-order valence-electron chi connectivity index (χ4n) is 4.91. The van der Waals surface area contributed by atoms with E-state index in [9.17, 15) is 28.7 Å². The van der Waals surface area contributed by atoms with Crippen LogP contribution in [0, 0.1) is 5.82 Å². The van der Waals surface area contributed by atoms with Gasteiger partial charge in [-0.15, -0.1) is 0 Å². The van der Waals surface area contributed by atoms with E-state index in [4.69, 9.17) is 4.74 Å². The Labute approximate surface area is 243 Å².